The summed E-state index contributed by atoms with van der Waals surface area (Å²) in [4.78, 5) is 24.2. The normalized spacial score (nSPS) is 15.2. The molecule has 1 aliphatic carbocycles. The molecule has 1 atom stereocenters. The van der Waals surface area contributed by atoms with Gasteiger partial charge in [-0.05, 0) is 29.8 Å². The van der Waals surface area contributed by atoms with E-state index < -0.39 is 11.3 Å². The van der Waals surface area contributed by atoms with Crippen LogP contribution < -0.4 is 4.73 Å². The minimum absolute atomic E-state index is 0.0702. The van der Waals surface area contributed by atoms with Crippen LogP contribution in [0.4, 0.5) is 0 Å². The quantitative estimate of drug-likeness (QED) is 0.251. The number of carboxylic acid groups (broad SMARTS) is 1. The van der Waals surface area contributed by atoms with E-state index in [2.05, 4.69) is 15.2 Å². The number of fused-ring (bicyclic) bond motifs is 1. The second-order valence-electron chi connectivity index (χ2n) is 6.87. The summed E-state index contributed by atoms with van der Waals surface area (Å²) < 4.78 is 0.831. The van der Waals surface area contributed by atoms with Crippen molar-refractivity contribution in [2.24, 2.45) is 0 Å². The fourth-order valence-electron chi connectivity index (χ4n) is 3.35. The van der Waals surface area contributed by atoms with E-state index >= 15 is 0 Å². The van der Waals surface area contributed by atoms with Crippen LogP contribution in [0.3, 0.4) is 0 Å². The van der Waals surface area contributed by atoms with E-state index in [1.54, 1.807) is 12.3 Å². The third-order valence-corrected chi connectivity index (χ3v) is 5.35. The van der Waals surface area contributed by atoms with Crippen molar-refractivity contribution in [3.63, 3.8) is 0 Å². The molecule has 32 heavy (non-hydrogen) atoms. The molecular formula is C23H17ClN4O4. The number of carbonyl (C=O) groups excluding carboxylic acids is 1. The predicted molar refractivity (Wildman–Crippen MR) is 120 cm³/mol. The van der Waals surface area contributed by atoms with Gasteiger partial charge in [0, 0.05) is 5.56 Å². The molecule has 1 aromatic carbocycles. The number of benzene rings is 1. The molecule has 0 aliphatic heterocycles. The van der Waals surface area contributed by atoms with Gasteiger partial charge in [0.25, 0.3) is 5.65 Å². The summed E-state index contributed by atoms with van der Waals surface area (Å²) in [6.07, 6.45) is 9.07. The van der Waals surface area contributed by atoms with Gasteiger partial charge in [-0.15, -0.1) is 11.6 Å². The Labute approximate surface area is 187 Å². The van der Waals surface area contributed by atoms with Crippen molar-refractivity contribution < 1.29 is 19.4 Å². The number of ketones is 1. The van der Waals surface area contributed by atoms with Crippen LogP contribution in [0.1, 0.15) is 0 Å². The lowest BCUT2D eigenvalue weighted by Crippen LogP contribution is -2.25. The van der Waals surface area contributed by atoms with Crippen LogP contribution in [-0.4, -0.2) is 37.4 Å². The average Bonchev–Trinajstić information content (AvgIpc) is 3.44. The van der Waals surface area contributed by atoms with E-state index in [1.165, 1.54) is 24.4 Å². The molecule has 0 saturated carbocycles. The Balaban J connectivity index is 0.000000189. The molecule has 3 N–H and O–H groups in total. The fraction of sp³-hybridized carbons (Fsp3) is 0.0435. The van der Waals surface area contributed by atoms with Crippen LogP contribution >= 0.6 is 11.6 Å². The molecule has 0 fully saturated rings. The number of aromatic amines is 2. The van der Waals surface area contributed by atoms with Crippen LogP contribution in [0.5, 0.6) is 0 Å². The van der Waals surface area contributed by atoms with Gasteiger partial charge in [0.1, 0.15) is 5.38 Å². The number of hydrogen-bond donors (Lipinski definition) is 3. The third-order valence-electron chi connectivity index (χ3n) is 4.90. The van der Waals surface area contributed by atoms with Crippen molar-refractivity contribution in [2.75, 3.05) is 0 Å². The maximum absolute atomic E-state index is 11.8. The Bertz CT molecular complexity index is 1350. The summed E-state index contributed by atoms with van der Waals surface area (Å²) in [7, 11) is 0. The average molecular weight is 449 g/mol. The highest BCUT2D eigenvalue weighted by atomic mass is 35.5. The standard InChI is InChI=1S/C16H12N4O.C7H5ClO3/c21-20-8-4-7-12-14(9-17-16(12)20)15-13(10-18-19-15)11-5-2-1-3-6-11;8-6-4(7(10)11)2-1-3-5(6)9/h1-10,17H,(H,18,19);1-3,6H,(H,10,11). The highest BCUT2D eigenvalue weighted by molar-refractivity contribution is 6.37. The van der Waals surface area contributed by atoms with Crippen molar-refractivity contribution in [2.45, 2.75) is 5.38 Å². The largest absolute Gasteiger partial charge is 0.711 e. The number of H-pyrrole nitrogens is 2. The van der Waals surface area contributed by atoms with E-state index in [1.807, 2.05) is 42.6 Å². The molecular weight excluding hydrogens is 432 g/mol. The highest BCUT2D eigenvalue weighted by Crippen LogP contribution is 2.33. The summed E-state index contributed by atoms with van der Waals surface area (Å²) in [5.74, 6) is -1.53. The summed E-state index contributed by atoms with van der Waals surface area (Å²) in [6.45, 7) is 0. The van der Waals surface area contributed by atoms with Crippen LogP contribution in [0.2, 0.25) is 0 Å². The van der Waals surface area contributed by atoms with E-state index in [0.717, 1.165) is 32.5 Å². The highest BCUT2D eigenvalue weighted by Gasteiger charge is 2.25. The molecule has 4 aromatic rings. The topological polar surface area (TPSA) is 126 Å². The van der Waals surface area contributed by atoms with Gasteiger partial charge in [0.15, 0.2) is 5.78 Å². The number of carboxylic acids is 1. The molecule has 3 aromatic heterocycles. The summed E-state index contributed by atoms with van der Waals surface area (Å²) in [5.41, 5.74) is 4.41. The monoisotopic (exact) mass is 448 g/mol. The van der Waals surface area contributed by atoms with Gasteiger partial charge in [-0.3, -0.25) is 9.89 Å². The molecule has 8 nitrogen and oxygen atoms in total. The number of aliphatic carboxylic acids is 1. The Morgan fingerprint density at radius 3 is 2.66 bits per heavy atom. The van der Waals surface area contributed by atoms with Crippen LogP contribution in [-0.2, 0) is 9.59 Å². The molecule has 0 amide bonds. The minimum Gasteiger partial charge on any atom is -0.711 e. The zero-order valence-electron chi connectivity index (χ0n) is 16.5. The maximum atomic E-state index is 11.8. The van der Waals surface area contributed by atoms with Gasteiger partial charge >= 0.3 is 5.97 Å². The number of hydrogen-bond acceptors (Lipinski definition) is 4. The molecule has 0 saturated heterocycles. The van der Waals surface area contributed by atoms with E-state index in [-0.39, 0.29) is 11.4 Å². The number of halogens is 1. The number of carbonyl (C=O) groups is 2. The molecule has 0 radical (unpaired) electrons. The van der Waals surface area contributed by atoms with Crippen molar-refractivity contribution in [3.8, 4) is 22.4 Å². The van der Waals surface area contributed by atoms with Crippen molar-refractivity contribution in [1.82, 2.24) is 15.2 Å². The molecule has 1 aliphatic rings. The lowest BCUT2D eigenvalue weighted by molar-refractivity contribution is -0.579. The molecule has 0 spiro atoms. The number of allylic oxidation sites excluding steroid dienone is 3. The second kappa shape index (κ2) is 8.91. The number of nitrogens with one attached hydrogen (secondary N) is 2. The summed E-state index contributed by atoms with van der Waals surface area (Å²) >= 11 is 5.48. The van der Waals surface area contributed by atoms with Gasteiger partial charge in [-0.2, -0.15) is 5.10 Å². The first-order valence-electron chi connectivity index (χ1n) is 9.55. The Hall–Kier alpha value is -4.17. The maximum Gasteiger partial charge on any atom is 0.333 e. The smallest absolute Gasteiger partial charge is 0.333 e. The SMILES string of the molecule is O=C(O)C1=CC=CC(=O)C1Cl.[O-][n+]1cccc2c(-c3[nH]ncc3-c3ccccc3)c[nH]c21. The second-order valence-corrected chi connectivity index (χ2v) is 7.31. The van der Waals surface area contributed by atoms with Gasteiger partial charge in [0.2, 0.25) is 0 Å². The Kier molecular flexibility index (Phi) is 5.87. The minimum atomic E-state index is -1.15. The van der Waals surface area contributed by atoms with Crippen molar-refractivity contribution in [3.05, 3.63) is 90.1 Å². The van der Waals surface area contributed by atoms with Gasteiger partial charge in [-0.1, -0.05) is 36.4 Å². The van der Waals surface area contributed by atoms with Gasteiger partial charge in [0.05, 0.1) is 40.8 Å². The van der Waals surface area contributed by atoms with Crippen molar-refractivity contribution in [1.29, 1.82) is 0 Å². The molecule has 5 rings (SSSR count). The lowest BCUT2D eigenvalue weighted by Gasteiger charge is -2.08. The number of rotatable bonds is 3. The Morgan fingerprint density at radius 2 is 1.94 bits per heavy atom. The summed E-state index contributed by atoms with van der Waals surface area (Å²) in [5, 5.41) is 27.3. The van der Waals surface area contributed by atoms with Crippen LogP contribution in [0.25, 0.3) is 33.4 Å². The lowest BCUT2D eigenvalue weighted by atomic mass is 10.0. The number of aromatic nitrogens is 4. The van der Waals surface area contributed by atoms with E-state index in [4.69, 9.17) is 16.7 Å². The molecule has 1 unspecified atom stereocenters. The molecule has 0 bridgehead atoms. The first-order valence-corrected chi connectivity index (χ1v) is 9.99. The number of alkyl halides is 1. The number of pyridine rings is 1. The molecule has 9 heteroatoms. The van der Waals surface area contributed by atoms with Gasteiger partial charge < -0.3 is 10.3 Å². The van der Waals surface area contributed by atoms with Crippen LogP contribution in [0.15, 0.2) is 84.9 Å². The first-order chi connectivity index (χ1) is 15.5. The van der Waals surface area contributed by atoms with E-state index in [9.17, 15) is 14.8 Å². The Morgan fingerprint density at radius 1 is 1.16 bits per heavy atom. The molecule has 3 heterocycles. The first kappa shape index (κ1) is 21.1. The van der Waals surface area contributed by atoms with Crippen molar-refractivity contribution >= 4 is 34.4 Å². The zero-order chi connectivity index (χ0) is 22.7. The fourth-order valence-corrected chi connectivity index (χ4v) is 3.59. The summed E-state index contributed by atoms with van der Waals surface area (Å²) in [6, 6.07) is 13.7. The molecule has 160 valence electrons. The zero-order valence-corrected chi connectivity index (χ0v) is 17.3. The van der Waals surface area contributed by atoms with Gasteiger partial charge in [-0.25, -0.2) is 14.5 Å². The number of nitrogens with zero attached hydrogens (tertiary/aromatic N) is 2. The van der Waals surface area contributed by atoms with Crippen LogP contribution in [0, 0.1) is 5.21 Å². The predicted octanol–water partition coefficient (Wildman–Crippen LogP) is 3.60. The third kappa shape index (κ3) is 4.03. The van der Waals surface area contributed by atoms with E-state index in [0.29, 0.717) is 5.65 Å².